The Hall–Kier alpha value is 0.0894. The molecule has 0 saturated heterocycles. The van der Waals surface area contributed by atoms with Gasteiger partial charge in [0.2, 0.25) is 0 Å². The van der Waals surface area contributed by atoms with E-state index in [1.807, 2.05) is 0 Å². The molecule has 73 valence electrons. The molecule has 0 spiro atoms. The van der Waals surface area contributed by atoms with Gasteiger partial charge in [-0.1, -0.05) is 24.3 Å². The van der Waals surface area contributed by atoms with Crippen LogP contribution in [0.5, 0.6) is 0 Å². The zero-order valence-corrected chi connectivity index (χ0v) is 10.0. The molecule has 2 heteroatoms. The van der Waals surface area contributed by atoms with E-state index < -0.39 is 0 Å². The topological polar surface area (TPSA) is 20.2 Å². The van der Waals surface area contributed by atoms with Crippen LogP contribution in [-0.2, 0) is 20.1 Å². The Bertz CT molecular complexity index is 105. The average molecular weight is 346 g/mol. The number of hydrogen-bond donors (Lipinski definition) is 1. The Morgan fingerprint density at radius 3 is 1.75 bits per heavy atom. The zero-order valence-electron chi connectivity index (χ0n) is 7.63. The first-order valence-corrected chi connectivity index (χ1v) is 4.34. The van der Waals surface area contributed by atoms with E-state index >= 15 is 0 Å². The molecule has 1 rings (SSSR count). The second-order valence-electron chi connectivity index (χ2n) is 2.46. The summed E-state index contributed by atoms with van der Waals surface area (Å²) in [6.07, 6.45) is 14.0. The third-order valence-electron chi connectivity index (χ3n) is 1.37. The van der Waals surface area contributed by atoms with Gasteiger partial charge in [0.25, 0.3) is 0 Å². The molecule has 0 atom stereocenters. The van der Waals surface area contributed by atoms with Gasteiger partial charge in [-0.25, -0.2) is 0 Å². The molecule has 1 radical (unpaired) electrons. The van der Waals surface area contributed by atoms with Gasteiger partial charge in [0.05, 0.1) is 0 Å². The van der Waals surface area contributed by atoms with E-state index in [-0.39, 0.29) is 26.7 Å². The van der Waals surface area contributed by atoms with Gasteiger partial charge in [-0.2, -0.15) is 0 Å². The minimum absolute atomic E-state index is 0. The summed E-state index contributed by atoms with van der Waals surface area (Å²) in [6.45, 7) is 1.93. The molecule has 0 aromatic heterocycles. The SMILES string of the molecule is C1=CCCCCC=C1.CCO.[Ir]. The second-order valence-corrected chi connectivity index (χ2v) is 2.46. The van der Waals surface area contributed by atoms with E-state index in [1.165, 1.54) is 25.7 Å². The van der Waals surface area contributed by atoms with Gasteiger partial charge in [-0.05, 0) is 32.6 Å². The van der Waals surface area contributed by atoms with Crippen LogP contribution in [0.2, 0.25) is 0 Å². The summed E-state index contributed by atoms with van der Waals surface area (Å²) in [6, 6.07) is 0. The fourth-order valence-corrected chi connectivity index (χ4v) is 0.874. The van der Waals surface area contributed by atoms with E-state index in [0.717, 1.165) is 0 Å². The zero-order chi connectivity index (χ0) is 8.36. The van der Waals surface area contributed by atoms with Crippen molar-refractivity contribution in [3.05, 3.63) is 24.3 Å². The molecule has 0 aliphatic heterocycles. The summed E-state index contributed by atoms with van der Waals surface area (Å²) >= 11 is 0. The molecule has 0 aromatic carbocycles. The quantitative estimate of drug-likeness (QED) is 0.715. The van der Waals surface area contributed by atoms with Gasteiger partial charge < -0.3 is 5.11 Å². The maximum Gasteiger partial charge on any atom is 0.0402 e. The Kier molecular flexibility index (Phi) is 16.6. The Balaban J connectivity index is 0. The van der Waals surface area contributed by atoms with Crippen LogP contribution in [0, 0.1) is 0 Å². The van der Waals surface area contributed by atoms with Crippen molar-refractivity contribution >= 4 is 0 Å². The molecule has 1 aliphatic rings. The summed E-state index contributed by atoms with van der Waals surface area (Å²) in [5, 5.41) is 7.57. The summed E-state index contributed by atoms with van der Waals surface area (Å²) in [5.41, 5.74) is 0. The van der Waals surface area contributed by atoms with Gasteiger partial charge in [0.1, 0.15) is 0 Å². The van der Waals surface area contributed by atoms with Crippen LogP contribution < -0.4 is 0 Å². The standard InChI is InChI=1S/C8H12.C2H6O.Ir/c1-2-4-6-8-7-5-3-1;1-2-3;/h1-4H,5-8H2;3H,2H2,1H3;. The number of allylic oxidation sites excluding steroid dienone is 4. The number of rotatable bonds is 0. The molecule has 1 aliphatic carbocycles. The van der Waals surface area contributed by atoms with Crippen LogP contribution in [0.3, 0.4) is 0 Å². The van der Waals surface area contributed by atoms with Gasteiger partial charge in [0, 0.05) is 26.7 Å². The summed E-state index contributed by atoms with van der Waals surface area (Å²) in [5.74, 6) is 0. The fraction of sp³-hybridized carbons (Fsp3) is 0.600. The molecule has 0 fully saturated rings. The van der Waals surface area contributed by atoms with Crippen molar-refractivity contribution in [2.75, 3.05) is 6.61 Å². The van der Waals surface area contributed by atoms with E-state index in [2.05, 4.69) is 24.3 Å². The van der Waals surface area contributed by atoms with Crippen molar-refractivity contribution in [1.82, 2.24) is 0 Å². The maximum atomic E-state index is 7.57. The molecule has 0 unspecified atom stereocenters. The van der Waals surface area contributed by atoms with E-state index in [1.54, 1.807) is 6.92 Å². The number of aliphatic hydroxyl groups is 1. The van der Waals surface area contributed by atoms with Crippen LogP contribution in [-0.4, -0.2) is 11.7 Å². The van der Waals surface area contributed by atoms with Crippen LogP contribution in [0.15, 0.2) is 24.3 Å². The average Bonchev–Trinajstić information content (AvgIpc) is 1.86. The Morgan fingerprint density at radius 2 is 1.42 bits per heavy atom. The van der Waals surface area contributed by atoms with Crippen molar-refractivity contribution in [2.45, 2.75) is 32.6 Å². The summed E-state index contributed by atoms with van der Waals surface area (Å²) in [4.78, 5) is 0. The van der Waals surface area contributed by atoms with Crippen molar-refractivity contribution in [2.24, 2.45) is 0 Å². The molecule has 0 aromatic rings. The molecule has 0 amide bonds. The smallest absolute Gasteiger partial charge is 0.0402 e. The number of hydrogen-bond acceptors (Lipinski definition) is 1. The Morgan fingerprint density at radius 1 is 1.08 bits per heavy atom. The summed E-state index contributed by atoms with van der Waals surface area (Å²) < 4.78 is 0. The van der Waals surface area contributed by atoms with Crippen LogP contribution in [0.4, 0.5) is 0 Å². The monoisotopic (exact) mass is 347 g/mol. The molecule has 1 nitrogen and oxygen atoms in total. The molecular weight excluding hydrogens is 328 g/mol. The molecule has 0 heterocycles. The van der Waals surface area contributed by atoms with E-state index in [0.29, 0.717) is 0 Å². The first kappa shape index (κ1) is 14.6. The number of aliphatic hydroxyl groups excluding tert-OH is 1. The normalized spacial score (nSPS) is 14.8. The molecular formula is C10H18IrO. The van der Waals surface area contributed by atoms with Crippen molar-refractivity contribution < 1.29 is 25.2 Å². The second kappa shape index (κ2) is 13.7. The third-order valence-corrected chi connectivity index (χ3v) is 1.37. The van der Waals surface area contributed by atoms with Gasteiger partial charge in [0.15, 0.2) is 0 Å². The summed E-state index contributed by atoms with van der Waals surface area (Å²) in [7, 11) is 0. The fourth-order valence-electron chi connectivity index (χ4n) is 0.874. The van der Waals surface area contributed by atoms with Crippen molar-refractivity contribution in [3.8, 4) is 0 Å². The van der Waals surface area contributed by atoms with Gasteiger partial charge in [-0.15, -0.1) is 0 Å². The van der Waals surface area contributed by atoms with Gasteiger partial charge in [-0.3, -0.25) is 0 Å². The predicted molar refractivity (Wildman–Crippen MR) is 49.5 cm³/mol. The van der Waals surface area contributed by atoms with E-state index in [4.69, 9.17) is 5.11 Å². The molecule has 12 heavy (non-hydrogen) atoms. The van der Waals surface area contributed by atoms with Gasteiger partial charge >= 0.3 is 0 Å². The van der Waals surface area contributed by atoms with Crippen LogP contribution >= 0.6 is 0 Å². The molecule has 1 N–H and O–H groups in total. The largest absolute Gasteiger partial charge is 0.397 e. The van der Waals surface area contributed by atoms with Crippen LogP contribution in [0.1, 0.15) is 32.6 Å². The maximum absolute atomic E-state index is 7.57. The van der Waals surface area contributed by atoms with Crippen LogP contribution in [0.25, 0.3) is 0 Å². The minimum atomic E-state index is 0. The van der Waals surface area contributed by atoms with E-state index in [9.17, 15) is 0 Å². The van der Waals surface area contributed by atoms with Crippen molar-refractivity contribution in [3.63, 3.8) is 0 Å². The molecule has 0 saturated carbocycles. The third kappa shape index (κ3) is 12.7. The predicted octanol–water partition coefficient (Wildman–Crippen LogP) is 2.67. The molecule has 0 bridgehead atoms. The first-order chi connectivity index (χ1) is 5.41. The Labute approximate surface area is 88.9 Å². The van der Waals surface area contributed by atoms with Crippen molar-refractivity contribution in [1.29, 1.82) is 0 Å². The minimum Gasteiger partial charge on any atom is -0.397 e. The first-order valence-electron chi connectivity index (χ1n) is 4.34.